The van der Waals surface area contributed by atoms with Gasteiger partial charge in [-0.15, -0.1) is 11.8 Å². The van der Waals surface area contributed by atoms with Crippen molar-refractivity contribution in [2.45, 2.75) is 17.5 Å². The van der Waals surface area contributed by atoms with Gasteiger partial charge in [-0.2, -0.15) is 0 Å². The summed E-state index contributed by atoms with van der Waals surface area (Å²) in [6, 6.07) is 12.9. The zero-order chi connectivity index (χ0) is 18.2. The first kappa shape index (κ1) is 19.0. The minimum absolute atomic E-state index is 0.0680. The fourth-order valence-corrected chi connectivity index (χ4v) is 2.49. The van der Waals surface area contributed by atoms with Crippen LogP contribution in [0.25, 0.3) is 0 Å². The molecule has 0 aliphatic rings. The van der Waals surface area contributed by atoms with E-state index < -0.39 is 17.9 Å². The van der Waals surface area contributed by atoms with Crippen LogP contribution in [0.15, 0.2) is 53.4 Å². The van der Waals surface area contributed by atoms with Crippen molar-refractivity contribution in [2.75, 3.05) is 12.8 Å². The number of hydrogen-bond acceptors (Lipinski definition) is 4. The van der Waals surface area contributed by atoms with Gasteiger partial charge in [-0.05, 0) is 41.6 Å². The lowest BCUT2D eigenvalue weighted by Gasteiger charge is -2.12. The van der Waals surface area contributed by atoms with Crippen molar-refractivity contribution in [3.05, 3.63) is 65.5 Å². The zero-order valence-electron chi connectivity index (χ0n) is 13.7. The van der Waals surface area contributed by atoms with Crippen LogP contribution < -0.4 is 10.6 Å². The number of thioether (sulfide) groups is 1. The van der Waals surface area contributed by atoms with Gasteiger partial charge in [-0.25, -0.2) is 4.39 Å². The molecule has 2 rings (SSSR count). The highest BCUT2D eigenvalue weighted by Crippen LogP contribution is 2.18. The molecule has 25 heavy (non-hydrogen) atoms. The van der Waals surface area contributed by atoms with E-state index in [1.807, 2.05) is 18.4 Å². The highest BCUT2D eigenvalue weighted by Gasteiger charge is 2.15. The first-order valence-electron chi connectivity index (χ1n) is 7.62. The van der Waals surface area contributed by atoms with Crippen molar-refractivity contribution in [3.63, 3.8) is 0 Å². The maximum atomic E-state index is 12.8. The molecule has 5 nitrogen and oxygen atoms in total. The molecule has 2 aromatic carbocycles. The predicted molar refractivity (Wildman–Crippen MR) is 94.4 cm³/mol. The number of carbonyl (C=O) groups is 2. The Hall–Kier alpha value is -2.38. The number of aliphatic hydroxyl groups is 1. The second-order valence-corrected chi connectivity index (χ2v) is 6.19. The molecule has 7 heteroatoms. The minimum atomic E-state index is -0.898. The van der Waals surface area contributed by atoms with E-state index in [-0.39, 0.29) is 18.9 Å². The van der Waals surface area contributed by atoms with Gasteiger partial charge in [0.05, 0.1) is 6.10 Å². The van der Waals surface area contributed by atoms with E-state index in [1.54, 1.807) is 23.9 Å². The standard InChI is InChI=1S/C18H19FN2O3S/c1-25-15-8-4-13(5-9-15)16(22)11-21-18(24)17(23)20-10-12-2-6-14(19)7-3-12/h2-9,16,22H,10-11H2,1H3,(H,20,23)(H,21,24). The van der Waals surface area contributed by atoms with E-state index >= 15 is 0 Å². The molecule has 0 radical (unpaired) electrons. The van der Waals surface area contributed by atoms with Gasteiger partial charge in [0, 0.05) is 18.0 Å². The summed E-state index contributed by atoms with van der Waals surface area (Å²) in [5.74, 6) is -2.01. The summed E-state index contributed by atoms with van der Waals surface area (Å²) in [7, 11) is 0. The molecule has 0 aliphatic carbocycles. The fraction of sp³-hybridized carbons (Fsp3) is 0.222. The number of amides is 2. The van der Waals surface area contributed by atoms with Crippen LogP contribution in [0.4, 0.5) is 4.39 Å². The Bertz CT molecular complexity index is 720. The Morgan fingerprint density at radius 1 is 1.04 bits per heavy atom. The molecule has 0 fully saturated rings. The van der Waals surface area contributed by atoms with Crippen LogP contribution in [-0.2, 0) is 16.1 Å². The summed E-state index contributed by atoms with van der Waals surface area (Å²) in [6.07, 6.45) is 1.06. The molecule has 0 aliphatic heterocycles. The third kappa shape index (κ3) is 5.88. The molecule has 0 saturated heterocycles. The molecule has 2 aromatic rings. The van der Waals surface area contributed by atoms with E-state index in [2.05, 4.69) is 10.6 Å². The van der Waals surface area contributed by atoms with Gasteiger partial charge in [-0.3, -0.25) is 9.59 Å². The van der Waals surface area contributed by atoms with E-state index in [1.165, 1.54) is 24.3 Å². The summed E-state index contributed by atoms with van der Waals surface area (Å²) < 4.78 is 12.8. The molecule has 1 atom stereocenters. The first-order chi connectivity index (χ1) is 12.0. The Morgan fingerprint density at radius 3 is 2.24 bits per heavy atom. The van der Waals surface area contributed by atoms with Gasteiger partial charge in [0.25, 0.3) is 0 Å². The lowest BCUT2D eigenvalue weighted by Crippen LogP contribution is -2.41. The number of aliphatic hydroxyl groups excluding tert-OH is 1. The fourth-order valence-electron chi connectivity index (χ4n) is 2.08. The number of rotatable bonds is 6. The quantitative estimate of drug-likeness (QED) is 0.543. The van der Waals surface area contributed by atoms with Gasteiger partial charge < -0.3 is 15.7 Å². The smallest absolute Gasteiger partial charge is 0.309 e. The van der Waals surface area contributed by atoms with Gasteiger partial charge in [-0.1, -0.05) is 24.3 Å². The lowest BCUT2D eigenvalue weighted by atomic mass is 10.1. The van der Waals surface area contributed by atoms with Crippen molar-refractivity contribution in [3.8, 4) is 0 Å². The van der Waals surface area contributed by atoms with E-state index in [0.29, 0.717) is 11.1 Å². The molecule has 0 aromatic heterocycles. The Morgan fingerprint density at radius 2 is 1.64 bits per heavy atom. The SMILES string of the molecule is CSc1ccc(C(O)CNC(=O)C(=O)NCc2ccc(F)cc2)cc1. The average Bonchev–Trinajstić information content (AvgIpc) is 2.65. The molecule has 0 heterocycles. The van der Waals surface area contributed by atoms with Crippen LogP contribution in [0, 0.1) is 5.82 Å². The maximum absolute atomic E-state index is 12.8. The van der Waals surface area contributed by atoms with Crippen LogP contribution >= 0.6 is 11.8 Å². The molecular formula is C18H19FN2O3S. The van der Waals surface area contributed by atoms with Crippen LogP contribution in [0.2, 0.25) is 0 Å². The number of benzene rings is 2. The minimum Gasteiger partial charge on any atom is -0.387 e. The van der Waals surface area contributed by atoms with Gasteiger partial charge in [0.1, 0.15) is 5.82 Å². The second kappa shape index (κ2) is 9.19. The van der Waals surface area contributed by atoms with Crippen LogP contribution in [0.1, 0.15) is 17.2 Å². The summed E-state index contributed by atoms with van der Waals surface area (Å²) in [6.45, 7) is 0.0483. The summed E-state index contributed by atoms with van der Waals surface area (Å²) >= 11 is 1.59. The monoisotopic (exact) mass is 362 g/mol. The average molecular weight is 362 g/mol. The van der Waals surface area contributed by atoms with Gasteiger partial charge in [0.15, 0.2) is 0 Å². The topological polar surface area (TPSA) is 78.4 Å². The highest BCUT2D eigenvalue weighted by molar-refractivity contribution is 7.98. The number of hydrogen-bond donors (Lipinski definition) is 3. The predicted octanol–water partition coefficient (Wildman–Crippen LogP) is 2.01. The molecule has 2 amide bonds. The Kier molecular flexibility index (Phi) is 6.97. The molecule has 0 saturated carbocycles. The zero-order valence-corrected chi connectivity index (χ0v) is 14.5. The van der Waals surface area contributed by atoms with Gasteiger partial charge >= 0.3 is 11.8 Å². The normalized spacial score (nSPS) is 11.6. The summed E-state index contributed by atoms with van der Waals surface area (Å²) in [4.78, 5) is 24.6. The molecular weight excluding hydrogens is 343 g/mol. The molecule has 0 bridgehead atoms. The summed E-state index contributed by atoms with van der Waals surface area (Å²) in [5, 5.41) is 14.9. The van der Waals surface area contributed by atoms with E-state index in [9.17, 15) is 19.1 Å². The van der Waals surface area contributed by atoms with Crippen molar-refractivity contribution < 1.29 is 19.1 Å². The maximum Gasteiger partial charge on any atom is 0.309 e. The second-order valence-electron chi connectivity index (χ2n) is 5.31. The molecule has 132 valence electrons. The lowest BCUT2D eigenvalue weighted by molar-refractivity contribution is -0.139. The molecule has 1 unspecified atom stereocenters. The van der Waals surface area contributed by atoms with Crippen molar-refractivity contribution in [1.29, 1.82) is 0 Å². The van der Waals surface area contributed by atoms with Crippen molar-refractivity contribution in [1.82, 2.24) is 10.6 Å². The third-order valence-corrected chi connectivity index (χ3v) is 4.27. The van der Waals surface area contributed by atoms with Crippen LogP contribution in [0.5, 0.6) is 0 Å². The number of nitrogens with one attached hydrogen (secondary N) is 2. The summed E-state index contributed by atoms with van der Waals surface area (Å²) in [5.41, 5.74) is 1.33. The third-order valence-electron chi connectivity index (χ3n) is 3.53. The molecule has 3 N–H and O–H groups in total. The van der Waals surface area contributed by atoms with Crippen LogP contribution in [-0.4, -0.2) is 29.7 Å². The Balaban J connectivity index is 1.78. The number of halogens is 1. The van der Waals surface area contributed by atoms with E-state index in [4.69, 9.17) is 0 Å². The largest absolute Gasteiger partial charge is 0.387 e. The highest BCUT2D eigenvalue weighted by atomic mass is 32.2. The number of carbonyl (C=O) groups excluding carboxylic acids is 2. The Labute approximate surface area is 149 Å². The van der Waals surface area contributed by atoms with Crippen molar-refractivity contribution >= 4 is 23.6 Å². The molecule has 0 spiro atoms. The van der Waals surface area contributed by atoms with Gasteiger partial charge in [0.2, 0.25) is 0 Å². The van der Waals surface area contributed by atoms with Crippen molar-refractivity contribution in [2.24, 2.45) is 0 Å². The van der Waals surface area contributed by atoms with Crippen LogP contribution in [0.3, 0.4) is 0 Å². The first-order valence-corrected chi connectivity index (χ1v) is 8.84. The van der Waals surface area contributed by atoms with E-state index in [0.717, 1.165) is 4.90 Å².